The van der Waals surface area contributed by atoms with Gasteiger partial charge in [0, 0.05) is 11.3 Å². The van der Waals surface area contributed by atoms with Crippen LogP contribution in [0.1, 0.15) is 12.5 Å². The molecule has 4 heteroatoms. The monoisotopic (exact) mass is 239 g/mol. The molecular formula is C11H13NOS2. The van der Waals surface area contributed by atoms with Crippen LogP contribution < -0.4 is 5.32 Å². The van der Waals surface area contributed by atoms with Gasteiger partial charge in [-0.15, -0.1) is 0 Å². The van der Waals surface area contributed by atoms with Crippen molar-refractivity contribution < 1.29 is 5.11 Å². The molecule has 0 radical (unpaired) electrons. The summed E-state index contributed by atoms with van der Waals surface area (Å²) < 4.78 is 0. The number of thiocarbonyl (C=S) groups is 2. The highest BCUT2D eigenvalue weighted by Gasteiger charge is 2.10. The SMILES string of the molecule is CC(=S)NC(O)C(=S)Cc1ccccc1. The number of aliphatic hydroxyl groups is 1. The van der Waals surface area contributed by atoms with Crippen molar-refractivity contribution in [2.75, 3.05) is 0 Å². The van der Waals surface area contributed by atoms with Gasteiger partial charge in [-0.05, 0) is 12.5 Å². The lowest BCUT2D eigenvalue weighted by atomic mass is 10.1. The number of hydrogen-bond donors (Lipinski definition) is 2. The van der Waals surface area contributed by atoms with E-state index >= 15 is 0 Å². The van der Waals surface area contributed by atoms with Gasteiger partial charge >= 0.3 is 0 Å². The second kappa shape index (κ2) is 5.90. The summed E-state index contributed by atoms with van der Waals surface area (Å²) in [6.45, 7) is 1.71. The number of rotatable bonds is 4. The lowest BCUT2D eigenvalue weighted by molar-refractivity contribution is 0.229. The van der Waals surface area contributed by atoms with Crippen molar-refractivity contribution in [1.29, 1.82) is 0 Å². The van der Waals surface area contributed by atoms with Crippen LogP contribution in [-0.4, -0.2) is 21.2 Å². The van der Waals surface area contributed by atoms with Crippen LogP contribution in [0.5, 0.6) is 0 Å². The molecule has 0 heterocycles. The van der Waals surface area contributed by atoms with Crippen LogP contribution >= 0.6 is 24.4 Å². The highest BCUT2D eigenvalue weighted by Crippen LogP contribution is 2.02. The third-order valence-electron chi connectivity index (χ3n) is 1.87. The van der Waals surface area contributed by atoms with Crippen molar-refractivity contribution in [3.05, 3.63) is 35.9 Å². The first-order valence-corrected chi connectivity index (χ1v) is 5.43. The summed E-state index contributed by atoms with van der Waals surface area (Å²) in [6, 6.07) is 9.79. The minimum atomic E-state index is -0.835. The molecule has 0 fully saturated rings. The van der Waals surface area contributed by atoms with Gasteiger partial charge in [-0.3, -0.25) is 0 Å². The summed E-state index contributed by atoms with van der Waals surface area (Å²) in [4.78, 5) is 1.09. The fourth-order valence-corrected chi connectivity index (χ4v) is 1.50. The third kappa shape index (κ3) is 4.46. The van der Waals surface area contributed by atoms with E-state index in [-0.39, 0.29) is 0 Å². The van der Waals surface area contributed by atoms with Crippen molar-refractivity contribution in [3.63, 3.8) is 0 Å². The first-order chi connectivity index (χ1) is 7.09. The molecule has 0 aliphatic rings. The van der Waals surface area contributed by atoms with Gasteiger partial charge in [0.15, 0.2) is 6.23 Å². The molecular weight excluding hydrogens is 226 g/mol. The molecule has 0 saturated carbocycles. The number of nitrogens with one attached hydrogen (secondary N) is 1. The largest absolute Gasteiger partial charge is 0.369 e. The maximum Gasteiger partial charge on any atom is 0.157 e. The Kier molecular flexibility index (Phi) is 4.81. The summed E-state index contributed by atoms with van der Waals surface area (Å²) >= 11 is 9.93. The van der Waals surface area contributed by atoms with Gasteiger partial charge in [0.2, 0.25) is 0 Å². The van der Waals surface area contributed by atoms with Crippen LogP contribution in [0.15, 0.2) is 30.3 Å². The predicted octanol–water partition coefficient (Wildman–Crippen LogP) is 1.85. The van der Waals surface area contributed by atoms with Crippen LogP contribution in [0.2, 0.25) is 0 Å². The average Bonchev–Trinajstić information content (AvgIpc) is 2.18. The molecule has 0 saturated heterocycles. The van der Waals surface area contributed by atoms with Crippen LogP contribution in [0.3, 0.4) is 0 Å². The van der Waals surface area contributed by atoms with Crippen LogP contribution in [0.4, 0.5) is 0 Å². The van der Waals surface area contributed by atoms with E-state index in [1.165, 1.54) is 0 Å². The molecule has 0 aliphatic heterocycles. The average molecular weight is 239 g/mol. The quantitative estimate of drug-likeness (QED) is 0.620. The second-order valence-electron chi connectivity index (χ2n) is 3.23. The minimum Gasteiger partial charge on any atom is -0.369 e. The molecule has 1 aromatic rings. The number of aliphatic hydroxyl groups excluding tert-OH is 1. The Morgan fingerprint density at radius 2 is 1.93 bits per heavy atom. The molecule has 2 N–H and O–H groups in total. The van der Waals surface area contributed by atoms with E-state index < -0.39 is 6.23 Å². The molecule has 0 aliphatic carbocycles. The minimum absolute atomic E-state index is 0.540. The smallest absolute Gasteiger partial charge is 0.157 e. The Balaban J connectivity index is 2.52. The van der Waals surface area contributed by atoms with Crippen molar-refractivity contribution >= 4 is 34.3 Å². The lowest BCUT2D eigenvalue weighted by Gasteiger charge is -2.14. The van der Waals surface area contributed by atoms with Crippen molar-refractivity contribution in [2.24, 2.45) is 0 Å². The van der Waals surface area contributed by atoms with E-state index in [0.29, 0.717) is 16.3 Å². The van der Waals surface area contributed by atoms with E-state index in [4.69, 9.17) is 24.4 Å². The molecule has 1 aromatic carbocycles. The van der Waals surface area contributed by atoms with Crippen LogP contribution in [0, 0.1) is 0 Å². The fourth-order valence-electron chi connectivity index (χ4n) is 1.17. The maximum atomic E-state index is 9.61. The zero-order valence-corrected chi connectivity index (χ0v) is 10.1. The summed E-state index contributed by atoms with van der Waals surface area (Å²) in [5.41, 5.74) is 1.09. The number of benzene rings is 1. The standard InChI is InChI=1S/C11H13NOS2/c1-8(14)12-11(13)10(15)7-9-5-3-2-4-6-9/h2-6,11,13H,7H2,1H3,(H,12,14). The maximum absolute atomic E-state index is 9.61. The molecule has 0 amide bonds. The fraction of sp³-hybridized carbons (Fsp3) is 0.273. The van der Waals surface area contributed by atoms with E-state index in [2.05, 4.69) is 5.32 Å². The van der Waals surface area contributed by atoms with E-state index in [1.807, 2.05) is 30.3 Å². The molecule has 1 atom stereocenters. The van der Waals surface area contributed by atoms with Gasteiger partial charge < -0.3 is 10.4 Å². The normalized spacial score (nSPS) is 11.9. The Bertz CT molecular complexity index is 351. The van der Waals surface area contributed by atoms with Gasteiger partial charge in [-0.1, -0.05) is 54.8 Å². The molecule has 1 rings (SSSR count). The van der Waals surface area contributed by atoms with Gasteiger partial charge in [-0.25, -0.2) is 0 Å². The Morgan fingerprint density at radius 1 is 1.33 bits per heavy atom. The van der Waals surface area contributed by atoms with Crippen LogP contribution in [0.25, 0.3) is 0 Å². The molecule has 80 valence electrons. The number of hydrogen-bond acceptors (Lipinski definition) is 3. The zero-order valence-electron chi connectivity index (χ0n) is 8.43. The zero-order chi connectivity index (χ0) is 11.3. The van der Waals surface area contributed by atoms with E-state index in [9.17, 15) is 5.11 Å². The van der Waals surface area contributed by atoms with Gasteiger partial charge in [0.1, 0.15) is 0 Å². The highest BCUT2D eigenvalue weighted by molar-refractivity contribution is 7.80. The van der Waals surface area contributed by atoms with Crippen molar-refractivity contribution in [3.8, 4) is 0 Å². The molecule has 15 heavy (non-hydrogen) atoms. The highest BCUT2D eigenvalue weighted by atomic mass is 32.1. The second-order valence-corrected chi connectivity index (χ2v) is 4.37. The van der Waals surface area contributed by atoms with Crippen LogP contribution in [-0.2, 0) is 6.42 Å². The van der Waals surface area contributed by atoms with Gasteiger partial charge in [0.25, 0.3) is 0 Å². The lowest BCUT2D eigenvalue weighted by Crippen LogP contribution is -2.38. The first-order valence-electron chi connectivity index (χ1n) is 4.61. The Morgan fingerprint density at radius 3 is 2.47 bits per heavy atom. The summed E-state index contributed by atoms with van der Waals surface area (Å²) in [5.74, 6) is 0. The predicted molar refractivity (Wildman–Crippen MR) is 70.2 cm³/mol. The van der Waals surface area contributed by atoms with Crippen molar-refractivity contribution in [1.82, 2.24) is 5.32 Å². The van der Waals surface area contributed by atoms with Gasteiger partial charge in [-0.2, -0.15) is 0 Å². The Labute approximate surface area is 100 Å². The van der Waals surface area contributed by atoms with Gasteiger partial charge in [0.05, 0.1) is 4.99 Å². The molecule has 0 spiro atoms. The summed E-state index contributed by atoms with van der Waals surface area (Å²) in [5, 5.41) is 12.3. The topological polar surface area (TPSA) is 32.3 Å². The summed E-state index contributed by atoms with van der Waals surface area (Å²) in [6.07, 6.45) is -0.259. The Hall–Kier alpha value is -0.840. The molecule has 1 unspecified atom stereocenters. The molecule has 0 bridgehead atoms. The molecule has 2 nitrogen and oxygen atoms in total. The first kappa shape index (κ1) is 12.2. The summed E-state index contributed by atoms with van der Waals surface area (Å²) in [7, 11) is 0. The van der Waals surface area contributed by atoms with Crippen molar-refractivity contribution in [2.45, 2.75) is 19.6 Å². The molecule has 0 aromatic heterocycles. The van der Waals surface area contributed by atoms with E-state index in [1.54, 1.807) is 6.92 Å². The third-order valence-corrected chi connectivity index (χ3v) is 2.35. The van der Waals surface area contributed by atoms with E-state index in [0.717, 1.165) is 5.56 Å².